The van der Waals surface area contributed by atoms with Gasteiger partial charge in [0.25, 0.3) is 0 Å². The molecule has 2 aromatic rings. The van der Waals surface area contributed by atoms with Crippen molar-refractivity contribution in [2.45, 2.75) is 65.0 Å². The molecule has 120 valence electrons. The maximum Gasteiger partial charge on any atom is 0.230 e. The molecule has 0 aromatic carbocycles. The molecule has 0 bridgehead atoms. The van der Waals surface area contributed by atoms with Crippen molar-refractivity contribution in [2.75, 3.05) is 6.54 Å². The summed E-state index contributed by atoms with van der Waals surface area (Å²) in [6, 6.07) is 0.172. The molecule has 2 aromatic heterocycles. The van der Waals surface area contributed by atoms with E-state index in [2.05, 4.69) is 39.1 Å². The number of nitrogens with zero attached hydrogens (tertiary/aromatic N) is 5. The van der Waals surface area contributed by atoms with E-state index in [-0.39, 0.29) is 17.9 Å². The van der Waals surface area contributed by atoms with Crippen LogP contribution in [-0.4, -0.2) is 31.8 Å². The molecular formula is C15H23N5O2. The minimum absolute atomic E-state index is 0.172. The van der Waals surface area contributed by atoms with Crippen LogP contribution in [0.3, 0.4) is 0 Å². The van der Waals surface area contributed by atoms with E-state index >= 15 is 0 Å². The van der Waals surface area contributed by atoms with E-state index in [1.54, 1.807) is 0 Å². The molecule has 0 aliphatic carbocycles. The lowest BCUT2D eigenvalue weighted by atomic mass is 10.2. The summed E-state index contributed by atoms with van der Waals surface area (Å²) in [5.41, 5.74) is 0. The Morgan fingerprint density at radius 3 is 2.55 bits per heavy atom. The van der Waals surface area contributed by atoms with E-state index in [4.69, 9.17) is 8.94 Å². The second kappa shape index (κ2) is 6.16. The van der Waals surface area contributed by atoms with Gasteiger partial charge in [-0.2, -0.15) is 4.98 Å². The molecule has 0 amide bonds. The number of likely N-dealkylation sites (tertiary alicyclic amines) is 1. The Morgan fingerprint density at radius 2 is 1.91 bits per heavy atom. The van der Waals surface area contributed by atoms with Crippen molar-refractivity contribution in [3.63, 3.8) is 0 Å². The van der Waals surface area contributed by atoms with Gasteiger partial charge in [0.1, 0.15) is 0 Å². The zero-order chi connectivity index (χ0) is 15.7. The Bertz CT molecular complexity index is 619. The molecule has 0 radical (unpaired) electrons. The van der Waals surface area contributed by atoms with Crippen LogP contribution in [0.5, 0.6) is 0 Å². The Morgan fingerprint density at radius 1 is 1.14 bits per heavy atom. The van der Waals surface area contributed by atoms with E-state index in [0.717, 1.165) is 25.2 Å². The number of hydrogen-bond acceptors (Lipinski definition) is 7. The van der Waals surface area contributed by atoms with Gasteiger partial charge in [0.2, 0.25) is 17.7 Å². The fraction of sp³-hybridized carbons (Fsp3) is 0.733. The van der Waals surface area contributed by atoms with Crippen molar-refractivity contribution in [2.24, 2.45) is 0 Å². The van der Waals surface area contributed by atoms with Crippen molar-refractivity contribution in [3.05, 3.63) is 23.5 Å². The largest absolute Gasteiger partial charge is 0.424 e. The number of hydrogen-bond donors (Lipinski definition) is 0. The van der Waals surface area contributed by atoms with Crippen LogP contribution in [0.2, 0.25) is 0 Å². The summed E-state index contributed by atoms with van der Waals surface area (Å²) in [7, 11) is 0. The van der Waals surface area contributed by atoms with E-state index in [0.29, 0.717) is 24.2 Å². The summed E-state index contributed by atoms with van der Waals surface area (Å²) in [4.78, 5) is 6.82. The van der Waals surface area contributed by atoms with Crippen molar-refractivity contribution in [1.82, 2.24) is 25.2 Å². The maximum atomic E-state index is 5.71. The molecule has 3 rings (SSSR count). The van der Waals surface area contributed by atoms with Crippen molar-refractivity contribution in [1.29, 1.82) is 0 Å². The highest BCUT2D eigenvalue weighted by atomic mass is 16.5. The molecule has 1 saturated heterocycles. The summed E-state index contributed by atoms with van der Waals surface area (Å²) in [6.45, 7) is 9.81. The molecule has 1 aliphatic heterocycles. The SMILES string of the molecule is CC(C)c1nc([C@@H]2CCCN2Cc2nnc(C(C)C)o2)no1. The van der Waals surface area contributed by atoms with Crippen LogP contribution in [0.4, 0.5) is 0 Å². The molecule has 7 heteroatoms. The van der Waals surface area contributed by atoms with Crippen molar-refractivity contribution in [3.8, 4) is 0 Å². The Labute approximate surface area is 130 Å². The average Bonchev–Trinajstić information content (AvgIpc) is 3.18. The standard InChI is InChI=1S/C15H23N5O2/c1-9(2)14-16-13(19-22-14)11-6-5-7-20(11)8-12-17-18-15(21-12)10(3)4/h9-11H,5-8H2,1-4H3/t11-/m0/s1. The minimum atomic E-state index is 0.172. The van der Waals surface area contributed by atoms with Crippen LogP contribution in [0, 0.1) is 0 Å². The summed E-state index contributed by atoms with van der Waals surface area (Å²) in [5.74, 6) is 3.31. The lowest BCUT2D eigenvalue weighted by Crippen LogP contribution is -2.23. The molecule has 1 aliphatic rings. The van der Waals surface area contributed by atoms with Gasteiger partial charge in [-0.15, -0.1) is 10.2 Å². The van der Waals surface area contributed by atoms with E-state index in [9.17, 15) is 0 Å². The smallest absolute Gasteiger partial charge is 0.230 e. The third-order valence-electron chi connectivity index (χ3n) is 3.93. The first-order valence-corrected chi connectivity index (χ1v) is 7.94. The second-order valence-electron chi connectivity index (χ2n) is 6.46. The van der Waals surface area contributed by atoms with Gasteiger partial charge in [-0.25, -0.2) is 0 Å². The van der Waals surface area contributed by atoms with Crippen molar-refractivity contribution < 1.29 is 8.94 Å². The topological polar surface area (TPSA) is 81.1 Å². The van der Waals surface area contributed by atoms with Gasteiger partial charge in [-0.1, -0.05) is 32.9 Å². The second-order valence-corrected chi connectivity index (χ2v) is 6.46. The maximum absolute atomic E-state index is 5.71. The van der Waals surface area contributed by atoms with E-state index in [1.807, 2.05) is 13.8 Å². The first-order chi connectivity index (χ1) is 10.5. The monoisotopic (exact) mass is 305 g/mol. The Hall–Kier alpha value is -1.76. The highest BCUT2D eigenvalue weighted by Crippen LogP contribution is 2.32. The quantitative estimate of drug-likeness (QED) is 0.839. The van der Waals surface area contributed by atoms with Gasteiger partial charge >= 0.3 is 0 Å². The molecule has 1 fully saturated rings. The zero-order valence-electron chi connectivity index (χ0n) is 13.6. The lowest BCUT2D eigenvalue weighted by molar-refractivity contribution is 0.209. The average molecular weight is 305 g/mol. The lowest BCUT2D eigenvalue weighted by Gasteiger charge is -2.19. The number of rotatable bonds is 5. The Kier molecular flexibility index (Phi) is 4.24. The van der Waals surface area contributed by atoms with Crippen LogP contribution in [0.1, 0.15) is 81.9 Å². The fourth-order valence-electron chi connectivity index (χ4n) is 2.66. The van der Waals surface area contributed by atoms with Crippen LogP contribution in [0.15, 0.2) is 8.94 Å². The summed E-state index contributed by atoms with van der Waals surface area (Å²) in [6.07, 6.45) is 2.14. The molecular weight excluding hydrogens is 282 g/mol. The molecule has 0 saturated carbocycles. The highest BCUT2D eigenvalue weighted by molar-refractivity contribution is 5.00. The van der Waals surface area contributed by atoms with Gasteiger partial charge in [0.15, 0.2) is 5.82 Å². The highest BCUT2D eigenvalue weighted by Gasteiger charge is 2.31. The molecule has 0 N–H and O–H groups in total. The van der Waals surface area contributed by atoms with E-state index in [1.165, 1.54) is 0 Å². The van der Waals surface area contributed by atoms with Gasteiger partial charge in [-0.3, -0.25) is 4.90 Å². The Balaban J connectivity index is 1.72. The summed E-state index contributed by atoms with van der Waals surface area (Å²) < 4.78 is 11.0. The molecule has 7 nitrogen and oxygen atoms in total. The number of aromatic nitrogens is 4. The van der Waals surface area contributed by atoms with Gasteiger partial charge in [0.05, 0.1) is 12.6 Å². The molecule has 3 heterocycles. The van der Waals surface area contributed by atoms with Crippen LogP contribution in [0.25, 0.3) is 0 Å². The van der Waals surface area contributed by atoms with Crippen LogP contribution < -0.4 is 0 Å². The summed E-state index contributed by atoms with van der Waals surface area (Å²) >= 11 is 0. The molecule has 0 spiro atoms. The van der Waals surface area contributed by atoms with Crippen LogP contribution in [-0.2, 0) is 6.54 Å². The third-order valence-corrected chi connectivity index (χ3v) is 3.93. The predicted octanol–water partition coefficient (Wildman–Crippen LogP) is 3.04. The van der Waals surface area contributed by atoms with Crippen molar-refractivity contribution >= 4 is 0 Å². The molecule has 1 atom stereocenters. The van der Waals surface area contributed by atoms with Gasteiger partial charge in [0, 0.05) is 11.8 Å². The third kappa shape index (κ3) is 3.04. The minimum Gasteiger partial charge on any atom is -0.424 e. The van der Waals surface area contributed by atoms with E-state index < -0.39 is 0 Å². The van der Waals surface area contributed by atoms with Crippen LogP contribution >= 0.6 is 0 Å². The first kappa shape index (κ1) is 15.1. The molecule has 22 heavy (non-hydrogen) atoms. The van der Waals surface area contributed by atoms with Gasteiger partial charge in [-0.05, 0) is 19.4 Å². The first-order valence-electron chi connectivity index (χ1n) is 7.94. The fourth-order valence-corrected chi connectivity index (χ4v) is 2.66. The molecule has 0 unspecified atom stereocenters. The zero-order valence-corrected chi connectivity index (χ0v) is 13.6. The predicted molar refractivity (Wildman–Crippen MR) is 79.2 cm³/mol. The normalized spacial score (nSPS) is 19.6. The van der Waals surface area contributed by atoms with Gasteiger partial charge < -0.3 is 8.94 Å². The summed E-state index contributed by atoms with van der Waals surface area (Å²) in [5, 5.41) is 12.4.